The van der Waals surface area contributed by atoms with Gasteiger partial charge in [-0.05, 0) is 47.6 Å². The van der Waals surface area contributed by atoms with E-state index in [1.807, 2.05) is 50.2 Å². The van der Waals surface area contributed by atoms with Gasteiger partial charge in [0.25, 0.3) is 0 Å². The van der Waals surface area contributed by atoms with Crippen LogP contribution in [-0.2, 0) is 16.1 Å². The molecule has 1 aliphatic rings. The van der Waals surface area contributed by atoms with Gasteiger partial charge in [0.05, 0.1) is 10.0 Å². The standard InChI is InChI=1S/C22H24Cl2N2O2/c1-13(2)9-20(27)26-15-6-3-5-14(10-15)12-25-22(28)18-11-17(18)16-7-4-8-19(23)21(16)24/h3-8,10,13,17-18H,9,11-12H2,1-2H3,(H,25,28)(H,26,27). The second kappa shape index (κ2) is 8.97. The predicted molar refractivity (Wildman–Crippen MR) is 114 cm³/mol. The van der Waals surface area contributed by atoms with Gasteiger partial charge in [-0.3, -0.25) is 9.59 Å². The van der Waals surface area contributed by atoms with E-state index in [9.17, 15) is 9.59 Å². The molecule has 2 unspecified atom stereocenters. The molecule has 6 heteroatoms. The SMILES string of the molecule is CC(C)CC(=O)Nc1cccc(CNC(=O)C2CC2c2cccc(Cl)c2Cl)c1. The van der Waals surface area contributed by atoms with Crippen molar-refractivity contribution in [3.63, 3.8) is 0 Å². The summed E-state index contributed by atoms with van der Waals surface area (Å²) in [5.41, 5.74) is 2.62. The van der Waals surface area contributed by atoms with Gasteiger partial charge >= 0.3 is 0 Å². The number of anilines is 1. The van der Waals surface area contributed by atoms with Gasteiger partial charge < -0.3 is 10.6 Å². The van der Waals surface area contributed by atoms with Crippen molar-refractivity contribution in [2.75, 3.05) is 5.32 Å². The highest BCUT2D eigenvalue weighted by molar-refractivity contribution is 6.42. The number of carbonyl (C=O) groups is 2. The Hall–Kier alpha value is -2.04. The zero-order chi connectivity index (χ0) is 20.3. The highest BCUT2D eigenvalue weighted by atomic mass is 35.5. The van der Waals surface area contributed by atoms with Crippen LogP contribution in [0.2, 0.25) is 10.0 Å². The Morgan fingerprint density at radius 1 is 1.14 bits per heavy atom. The zero-order valence-corrected chi connectivity index (χ0v) is 17.5. The molecule has 0 aromatic heterocycles. The fourth-order valence-electron chi connectivity index (χ4n) is 3.30. The van der Waals surface area contributed by atoms with Gasteiger partial charge in [0.1, 0.15) is 0 Å². The molecule has 148 valence electrons. The number of hydrogen-bond donors (Lipinski definition) is 2. The van der Waals surface area contributed by atoms with Gasteiger partial charge in [-0.1, -0.05) is 61.3 Å². The highest BCUT2D eigenvalue weighted by Gasteiger charge is 2.44. The van der Waals surface area contributed by atoms with Crippen LogP contribution in [0.4, 0.5) is 5.69 Å². The molecule has 0 spiro atoms. The number of rotatable bonds is 7. The van der Waals surface area contributed by atoms with Gasteiger partial charge in [-0.15, -0.1) is 0 Å². The number of amides is 2. The first-order valence-corrected chi connectivity index (χ1v) is 10.2. The van der Waals surface area contributed by atoms with Crippen LogP contribution in [0.25, 0.3) is 0 Å². The van der Waals surface area contributed by atoms with Crippen molar-refractivity contribution in [2.45, 2.75) is 39.2 Å². The molecule has 2 atom stereocenters. The van der Waals surface area contributed by atoms with Gasteiger partial charge in [-0.25, -0.2) is 0 Å². The lowest BCUT2D eigenvalue weighted by Crippen LogP contribution is -2.25. The minimum Gasteiger partial charge on any atom is -0.352 e. The van der Waals surface area contributed by atoms with Gasteiger partial charge in [0, 0.05) is 24.6 Å². The van der Waals surface area contributed by atoms with E-state index in [0.717, 1.165) is 23.2 Å². The third kappa shape index (κ3) is 5.27. The second-order valence-electron chi connectivity index (χ2n) is 7.66. The molecule has 0 bridgehead atoms. The van der Waals surface area contributed by atoms with E-state index in [0.29, 0.717) is 28.9 Å². The number of hydrogen-bond acceptors (Lipinski definition) is 2. The molecule has 0 heterocycles. The largest absolute Gasteiger partial charge is 0.352 e. The van der Waals surface area contributed by atoms with Crippen molar-refractivity contribution in [3.05, 3.63) is 63.6 Å². The number of nitrogens with one attached hydrogen (secondary N) is 2. The van der Waals surface area contributed by atoms with Crippen molar-refractivity contribution in [1.29, 1.82) is 0 Å². The lowest BCUT2D eigenvalue weighted by Gasteiger charge is -2.10. The van der Waals surface area contributed by atoms with Crippen molar-refractivity contribution in [1.82, 2.24) is 5.32 Å². The first kappa shape index (κ1) is 20.7. The molecule has 28 heavy (non-hydrogen) atoms. The molecular weight excluding hydrogens is 395 g/mol. The van der Waals surface area contributed by atoms with E-state index in [1.165, 1.54) is 0 Å². The molecule has 1 aliphatic carbocycles. The Labute approximate surface area is 175 Å². The molecule has 4 nitrogen and oxygen atoms in total. The normalized spacial score (nSPS) is 18.0. The van der Waals surface area contributed by atoms with E-state index >= 15 is 0 Å². The summed E-state index contributed by atoms with van der Waals surface area (Å²) in [4.78, 5) is 24.4. The molecule has 1 fully saturated rings. The molecule has 2 aromatic carbocycles. The van der Waals surface area contributed by atoms with E-state index in [4.69, 9.17) is 23.2 Å². The molecule has 2 aromatic rings. The highest BCUT2D eigenvalue weighted by Crippen LogP contribution is 2.50. The van der Waals surface area contributed by atoms with Crippen LogP contribution in [0.15, 0.2) is 42.5 Å². The summed E-state index contributed by atoms with van der Waals surface area (Å²) in [6.07, 6.45) is 1.26. The monoisotopic (exact) mass is 418 g/mol. The maximum absolute atomic E-state index is 12.5. The fraction of sp³-hybridized carbons (Fsp3) is 0.364. The van der Waals surface area contributed by atoms with Gasteiger partial charge in [0.2, 0.25) is 11.8 Å². The van der Waals surface area contributed by atoms with Crippen LogP contribution in [0.5, 0.6) is 0 Å². The van der Waals surface area contributed by atoms with Crippen molar-refractivity contribution >= 4 is 40.7 Å². The van der Waals surface area contributed by atoms with Crippen LogP contribution in [-0.4, -0.2) is 11.8 Å². The molecule has 2 N–H and O–H groups in total. The Morgan fingerprint density at radius 3 is 2.64 bits per heavy atom. The van der Waals surface area contributed by atoms with E-state index in [-0.39, 0.29) is 23.7 Å². The van der Waals surface area contributed by atoms with Crippen LogP contribution in [0, 0.1) is 11.8 Å². The fourth-order valence-corrected chi connectivity index (χ4v) is 3.75. The maximum atomic E-state index is 12.5. The molecule has 0 radical (unpaired) electrons. The first-order valence-electron chi connectivity index (χ1n) is 9.45. The van der Waals surface area contributed by atoms with Gasteiger partial charge in [-0.2, -0.15) is 0 Å². The molecule has 3 rings (SSSR count). The Morgan fingerprint density at radius 2 is 1.89 bits per heavy atom. The smallest absolute Gasteiger partial charge is 0.224 e. The van der Waals surface area contributed by atoms with Crippen LogP contribution in [0.1, 0.15) is 43.7 Å². The van der Waals surface area contributed by atoms with E-state index in [1.54, 1.807) is 6.07 Å². The molecular formula is C22H24Cl2N2O2. The molecule has 2 amide bonds. The topological polar surface area (TPSA) is 58.2 Å². The minimum atomic E-state index is -0.0788. The van der Waals surface area contributed by atoms with Crippen LogP contribution >= 0.6 is 23.2 Å². The predicted octanol–water partition coefficient (Wildman–Crippen LogP) is 5.40. The van der Waals surface area contributed by atoms with Crippen molar-refractivity contribution < 1.29 is 9.59 Å². The second-order valence-corrected chi connectivity index (χ2v) is 8.44. The van der Waals surface area contributed by atoms with Crippen molar-refractivity contribution in [2.24, 2.45) is 11.8 Å². The lowest BCUT2D eigenvalue weighted by atomic mass is 10.1. The van der Waals surface area contributed by atoms with Crippen LogP contribution in [0.3, 0.4) is 0 Å². The van der Waals surface area contributed by atoms with E-state index in [2.05, 4.69) is 10.6 Å². The Balaban J connectivity index is 1.53. The first-order chi connectivity index (χ1) is 13.3. The maximum Gasteiger partial charge on any atom is 0.224 e. The number of halogens is 2. The van der Waals surface area contributed by atoms with E-state index < -0.39 is 0 Å². The minimum absolute atomic E-state index is 0.00425. The van der Waals surface area contributed by atoms with Crippen molar-refractivity contribution in [3.8, 4) is 0 Å². The Kier molecular flexibility index (Phi) is 6.63. The molecule has 0 saturated heterocycles. The summed E-state index contributed by atoms with van der Waals surface area (Å²) in [6, 6.07) is 13.1. The zero-order valence-electron chi connectivity index (χ0n) is 16.0. The molecule has 0 aliphatic heterocycles. The average molecular weight is 419 g/mol. The van der Waals surface area contributed by atoms with Crippen LogP contribution < -0.4 is 10.6 Å². The third-order valence-corrected chi connectivity index (χ3v) is 5.61. The third-order valence-electron chi connectivity index (χ3n) is 4.78. The Bertz CT molecular complexity index is 883. The summed E-state index contributed by atoms with van der Waals surface area (Å²) in [6.45, 7) is 4.43. The summed E-state index contributed by atoms with van der Waals surface area (Å²) in [5, 5.41) is 6.93. The molecule has 1 saturated carbocycles. The summed E-state index contributed by atoms with van der Waals surface area (Å²) < 4.78 is 0. The average Bonchev–Trinajstić information content (AvgIpc) is 3.42. The number of carbonyl (C=O) groups excluding carboxylic acids is 2. The lowest BCUT2D eigenvalue weighted by molar-refractivity contribution is -0.122. The summed E-state index contributed by atoms with van der Waals surface area (Å²) in [7, 11) is 0. The number of benzene rings is 2. The van der Waals surface area contributed by atoms with Gasteiger partial charge in [0.15, 0.2) is 0 Å². The summed E-state index contributed by atoms with van der Waals surface area (Å²) in [5.74, 6) is 0.352. The quantitative estimate of drug-likeness (QED) is 0.632. The summed E-state index contributed by atoms with van der Waals surface area (Å²) >= 11 is 12.3.